The maximum absolute atomic E-state index is 12.6. The van der Waals surface area contributed by atoms with Gasteiger partial charge in [0, 0.05) is 38.8 Å². The molecule has 2 atom stereocenters. The molecule has 2 aliphatic rings. The molecule has 2 saturated heterocycles. The van der Waals surface area contributed by atoms with Gasteiger partial charge in [-0.3, -0.25) is 14.8 Å². The Labute approximate surface area is 200 Å². The highest BCUT2D eigenvalue weighted by atomic mass is 127. The van der Waals surface area contributed by atoms with E-state index >= 15 is 0 Å². The van der Waals surface area contributed by atoms with Crippen molar-refractivity contribution < 1.29 is 13.2 Å². The van der Waals surface area contributed by atoms with Crippen LogP contribution in [0.5, 0.6) is 0 Å². The monoisotopic (exact) mass is 553 g/mol. The van der Waals surface area contributed by atoms with Gasteiger partial charge in [0.1, 0.15) is 0 Å². The standard InChI is InChI=1S/C22H34F3N5.HI/c1-2-26-21(27-13-19-10-12-29(15-19)17-22(23,24)25)28-14-20-9-6-11-30(20)16-18-7-4-3-5-8-18;/h3-5,7-8,19-20H,2,6,9-17H2,1H3,(H2,26,27,28);1H. The summed E-state index contributed by atoms with van der Waals surface area (Å²) in [5, 5.41) is 6.73. The van der Waals surface area contributed by atoms with Crippen molar-refractivity contribution in [1.82, 2.24) is 20.4 Å². The average molecular weight is 553 g/mol. The van der Waals surface area contributed by atoms with Crippen LogP contribution in [0.15, 0.2) is 35.3 Å². The molecule has 0 bridgehead atoms. The summed E-state index contributed by atoms with van der Waals surface area (Å²) in [6.45, 7) is 6.38. The van der Waals surface area contributed by atoms with Crippen molar-refractivity contribution >= 4 is 29.9 Å². The third-order valence-corrected chi connectivity index (χ3v) is 5.86. The van der Waals surface area contributed by atoms with Crippen LogP contribution in [0.25, 0.3) is 0 Å². The highest BCUT2D eigenvalue weighted by molar-refractivity contribution is 14.0. The third-order valence-electron chi connectivity index (χ3n) is 5.86. The first-order valence-electron chi connectivity index (χ1n) is 11.0. The second-order valence-electron chi connectivity index (χ2n) is 8.36. The van der Waals surface area contributed by atoms with Crippen molar-refractivity contribution in [3.63, 3.8) is 0 Å². The molecule has 0 aromatic heterocycles. The first kappa shape index (κ1) is 26.2. The van der Waals surface area contributed by atoms with E-state index in [1.54, 1.807) is 0 Å². The van der Waals surface area contributed by atoms with Crippen LogP contribution in [0, 0.1) is 5.92 Å². The van der Waals surface area contributed by atoms with Crippen molar-refractivity contribution in [3.05, 3.63) is 35.9 Å². The maximum Gasteiger partial charge on any atom is 0.401 e. The number of guanidine groups is 1. The molecule has 176 valence electrons. The number of hydrogen-bond donors (Lipinski definition) is 2. The summed E-state index contributed by atoms with van der Waals surface area (Å²) >= 11 is 0. The lowest BCUT2D eigenvalue weighted by Gasteiger charge is -2.25. The van der Waals surface area contributed by atoms with Crippen LogP contribution in [0.4, 0.5) is 13.2 Å². The van der Waals surface area contributed by atoms with Crippen LogP contribution in [0.3, 0.4) is 0 Å². The summed E-state index contributed by atoms with van der Waals surface area (Å²) in [5.41, 5.74) is 1.33. The van der Waals surface area contributed by atoms with E-state index in [-0.39, 0.29) is 29.9 Å². The number of likely N-dealkylation sites (tertiary alicyclic amines) is 2. The summed E-state index contributed by atoms with van der Waals surface area (Å²) in [7, 11) is 0. The zero-order valence-corrected chi connectivity index (χ0v) is 20.5. The summed E-state index contributed by atoms with van der Waals surface area (Å²) in [5.74, 6) is 0.946. The number of halogens is 4. The number of alkyl halides is 3. The SMILES string of the molecule is CCNC(=NCC1CCN(CC(F)(F)F)C1)NCC1CCCN1Cc1ccccc1.I. The lowest BCUT2D eigenvalue weighted by molar-refractivity contribution is -0.143. The minimum absolute atomic E-state index is 0. The second-order valence-corrected chi connectivity index (χ2v) is 8.36. The van der Waals surface area contributed by atoms with Crippen molar-refractivity contribution in [2.45, 2.75) is 44.9 Å². The van der Waals surface area contributed by atoms with Gasteiger partial charge in [0.2, 0.25) is 0 Å². The lowest BCUT2D eigenvalue weighted by Crippen LogP contribution is -2.45. The Balaban J connectivity index is 0.00000341. The van der Waals surface area contributed by atoms with Gasteiger partial charge in [0.05, 0.1) is 6.54 Å². The number of nitrogens with zero attached hydrogens (tertiary/aromatic N) is 3. The molecule has 2 heterocycles. The molecule has 9 heteroatoms. The van der Waals surface area contributed by atoms with Crippen molar-refractivity contribution in [3.8, 4) is 0 Å². The van der Waals surface area contributed by atoms with E-state index in [2.05, 4.69) is 44.8 Å². The molecule has 2 N–H and O–H groups in total. The van der Waals surface area contributed by atoms with Crippen LogP contribution >= 0.6 is 24.0 Å². The largest absolute Gasteiger partial charge is 0.401 e. The first-order valence-corrected chi connectivity index (χ1v) is 11.0. The Bertz CT molecular complexity index is 671. The lowest BCUT2D eigenvalue weighted by atomic mass is 10.1. The molecule has 0 radical (unpaired) electrons. The zero-order valence-electron chi connectivity index (χ0n) is 18.2. The topological polar surface area (TPSA) is 42.9 Å². The van der Waals surface area contributed by atoms with Gasteiger partial charge in [-0.25, -0.2) is 0 Å². The molecule has 2 fully saturated rings. The molecule has 0 amide bonds. The van der Waals surface area contributed by atoms with Gasteiger partial charge < -0.3 is 10.6 Å². The van der Waals surface area contributed by atoms with Gasteiger partial charge >= 0.3 is 6.18 Å². The fourth-order valence-electron chi connectivity index (χ4n) is 4.39. The molecule has 0 spiro atoms. The van der Waals surface area contributed by atoms with E-state index in [1.165, 1.54) is 16.9 Å². The molecule has 1 aromatic carbocycles. The highest BCUT2D eigenvalue weighted by Gasteiger charge is 2.34. The van der Waals surface area contributed by atoms with Gasteiger partial charge in [-0.05, 0) is 50.8 Å². The van der Waals surface area contributed by atoms with E-state index in [4.69, 9.17) is 0 Å². The molecule has 5 nitrogen and oxygen atoms in total. The quantitative estimate of drug-likeness (QED) is 0.293. The minimum atomic E-state index is -4.12. The third kappa shape index (κ3) is 9.13. The van der Waals surface area contributed by atoms with Gasteiger partial charge in [0.25, 0.3) is 0 Å². The fourth-order valence-corrected chi connectivity index (χ4v) is 4.39. The van der Waals surface area contributed by atoms with E-state index < -0.39 is 12.7 Å². The molecular formula is C22H35F3IN5. The van der Waals surface area contributed by atoms with E-state index in [9.17, 15) is 13.2 Å². The van der Waals surface area contributed by atoms with E-state index in [0.29, 0.717) is 25.7 Å². The molecule has 31 heavy (non-hydrogen) atoms. The fraction of sp³-hybridized carbons (Fsp3) is 0.682. The summed E-state index contributed by atoms with van der Waals surface area (Å²) in [6.07, 6.45) is -0.994. The average Bonchev–Trinajstić information content (AvgIpc) is 3.33. The number of benzene rings is 1. The van der Waals surface area contributed by atoms with Crippen LogP contribution in [-0.4, -0.2) is 73.8 Å². The predicted octanol–water partition coefficient (Wildman–Crippen LogP) is 3.71. The molecule has 0 aliphatic carbocycles. The molecule has 0 saturated carbocycles. The van der Waals surface area contributed by atoms with Gasteiger partial charge in [-0.1, -0.05) is 30.3 Å². The van der Waals surface area contributed by atoms with Gasteiger partial charge in [-0.15, -0.1) is 24.0 Å². The van der Waals surface area contributed by atoms with Gasteiger partial charge in [-0.2, -0.15) is 13.2 Å². The van der Waals surface area contributed by atoms with Gasteiger partial charge in [0.15, 0.2) is 5.96 Å². The first-order chi connectivity index (χ1) is 14.4. The van der Waals surface area contributed by atoms with Crippen LogP contribution in [0.1, 0.15) is 31.7 Å². The summed E-state index contributed by atoms with van der Waals surface area (Å²) < 4.78 is 37.7. The smallest absolute Gasteiger partial charge is 0.357 e. The Morgan fingerprint density at radius 1 is 1.13 bits per heavy atom. The Morgan fingerprint density at radius 2 is 1.90 bits per heavy atom. The number of nitrogens with one attached hydrogen (secondary N) is 2. The number of aliphatic imine (C=N–C) groups is 1. The Morgan fingerprint density at radius 3 is 2.61 bits per heavy atom. The normalized spacial score (nSPS) is 23.0. The van der Waals surface area contributed by atoms with E-state index in [1.807, 2.05) is 13.0 Å². The van der Waals surface area contributed by atoms with Crippen molar-refractivity contribution in [1.29, 1.82) is 0 Å². The molecular weight excluding hydrogens is 518 g/mol. The second kappa shape index (κ2) is 12.8. The summed E-state index contributed by atoms with van der Waals surface area (Å²) in [6, 6.07) is 11.0. The zero-order chi connectivity index (χ0) is 21.4. The van der Waals surface area contributed by atoms with Crippen LogP contribution in [0.2, 0.25) is 0 Å². The Hall–Kier alpha value is -1.07. The Kier molecular flexibility index (Phi) is 10.8. The predicted molar refractivity (Wildman–Crippen MR) is 130 cm³/mol. The van der Waals surface area contributed by atoms with Crippen LogP contribution < -0.4 is 10.6 Å². The highest BCUT2D eigenvalue weighted by Crippen LogP contribution is 2.23. The maximum atomic E-state index is 12.6. The number of hydrogen-bond acceptors (Lipinski definition) is 3. The van der Waals surface area contributed by atoms with Crippen LogP contribution in [-0.2, 0) is 6.54 Å². The molecule has 2 aliphatic heterocycles. The van der Waals surface area contributed by atoms with E-state index in [0.717, 1.165) is 45.0 Å². The molecule has 1 aromatic rings. The summed E-state index contributed by atoms with van der Waals surface area (Å²) in [4.78, 5) is 8.66. The molecule has 2 unspecified atom stereocenters. The van der Waals surface area contributed by atoms with Crippen molar-refractivity contribution in [2.24, 2.45) is 10.9 Å². The minimum Gasteiger partial charge on any atom is -0.357 e. The molecule has 3 rings (SSSR count). The number of rotatable bonds is 8. The van der Waals surface area contributed by atoms with Crippen molar-refractivity contribution in [2.75, 3.05) is 45.8 Å².